The molecule has 6 nitrogen and oxygen atoms in total. The van der Waals surface area contributed by atoms with Crippen LogP contribution in [0.1, 0.15) is 16.1 Å². The van der Waals surface area contributed by atoms with Crippen LogP contribution in [-0.2, 0) is 6.61 Å². The molecule has 0 aliphatic rings. The highest BCUT2D eigenvalue weighted by Gasteiger charge is 2.13. The van der Waals surface area contributed by atoms with E-state index in [4.69, 9.17) is 15.2 Å². The second-order valence-corrected chi connectivity index (χ2v) is 3.71. The van der Waals surface area contributed by atoms with E-state index in [-0.39, 0.29) is 23.3 Å². The van der Waals surface area contributed by atoms with Crippen molar-refractivity contribution in [2.24, 2.45) is 0 Å². The van der Waals surface area contributed by atoms with E-state index < -0.39 is 0 Å². The van der Waals surface area contributed by atoms with Crippen molar-refractivity contribution in [3.8, 4) is 11.9 Å². The lowest BCUT2D eigenvalue weighted by Crippen LogP contribution is -2.07. The Bertz CT molecular complexity index is 573. The second kappa shape index (κ2) is 5.81. The Morgan fingerprint density at radius 3 is 2.63 bits per heavy atom. The SMILES string of the molecule is COc1nc(C=O)c(N)c(OCc2ccccc2)n1. The number of methoxy groups -OCH3 is 1. The highest BCUT2D eigenvalue weighted by atomic mass is 16.5. The first-order chi connectivity index (χ1) is 9.24. The van der Waals surface area contributed by atoms with Crippen LogP contribution in [0.25, 0.3) is 0 Å². The van der Waals surface area contributed by atoms with Gasteiger partial charge in [0.15, 0.2) is 6.29 Å². The molecule has 0 amide bonds. The molecule has 98 valence electrons. The maximum Gasteiger partial charge on any atom is 0.320 e. The third-order valence-electron chi connectivity index (χ3n) is 2.43. The number of hydrogen-bond acceptors (Lipinski definition) is 6. The maximum absolute atomic E-state index is 10.8. The Morgan fingerprint density at radius 1 is 1.26 bits per heavy atom. The van der Waals surface area contributed by atoms with Gasteiger partial charge in [0.2, 0.25) is 5.88 Å². The van der Waals surface area contributed by atoms with Gasteiger partial charge in [-0.15, -0.1) is 0 Å². The van der Waals surface area contributed by atoms with Gasteiger partial charge in [0, 0.05) is 0 Å². The number of nitrogen functional groups attached to an aromatic ring is 1. The molecule has 0 atom stereocenters. The van der Waals surface area contributed by atoms with E-state index >= 15 is 0 Å². The van der Waals surface area contributed by atoms with Gasteiger partial charge < -0.3 is 15.2 Å². The number of rotatable bonds is 5. The van der Waals surface area contributed by atoms with Gasteiger partial charge in [-0.05, 0) is 5.56 Å². The van der Waals surface area contributed by atoms with Crippen molar-refractivity contribution >= 4 is 12.0 Å². The summed E-state index contributed by atoms with van der Waals surface area (Å²) in [6, 6.07) is 9.58. The summed E-state index contributed by atoms with van der Waals surface area (Å²) in [4.78, 5) is 18.6. The van der Waals surface area contributed by atoms with Gasteiger partial charge in [-0.1, -0.05) is 30.3 Å². The van der Waals surface area contributed by atoms with E-state index in [0.29, 0.717) is 12.9 Å². The maximum atomic E-state index is 10.8. The van der Waals surface area contributed by atoms with Crippen molar-refractivity contribution in [2.75, 3.05) is 12.8 Å². The molecule has 2 aromatic rings. The van der Waals surface area contributed by atoms with E-state index in [9.17, 15) is 4.79 Å². The molecule has 0 fully saturated rings. The summed E-state index contributed by atoms with van der Waals surface area (Å²) >= 11 is 0. The monoisotopic (exact) mass is 259 g/mol. The predicted octanol–water partition coefficient (Wildman–Crippen LogP) is 1.46. The van der Waals surface area contributed by atoms with Crippen molar-refractivity contribution in [3.05, 3.63) is 41.6 Å². The molecule has 0 saturated carbocycles. The molecule has 19 heavy (non-hydrogen) atoms. The van der Waals surface area contributed by atoms with E-state index in [1.807, 2.05) is 30.3 Å². The first-order valence-corrected chi connectivity index (χ1v) is 5.58. The predicted molar refractivity (Wildman–Crippen MR) is 69.2 cm³/mol. The van der Waals surface area contributed by atoms with E-state index in [1.54, 1.807) is 0 Å². The number of anilines is 1. The summed E-state index contributed by atoms with van der Waals surface area (Å²) in [7, 11) is 1.40. The van der Waals surface area contributed by atoms with Gasteiger partial charge >= 0.3 is 6.01 Å². The molecule has 0 saturated heterocycles. The van der Waals surface area contributed by atoms with E-state index in [2.05, 4.69) is 9.97 Å². The van der Waals surface area contributed by atoms with Crippen LogP contribution in [0.3, 0.4) is 0 Å². The minimum absolute atomic E-state index is 0.0411. The first-order valence-electron chi connectivity index (χ1n) is 5.58. The van der Waals surface area contributed by atoms with Crippen LogP contribution in [-0.4, -0.2) is 23.4 Å². The van der Waals surface area contributed by atoms with Crippen molar-refractivity contribution in [1.29, 1.82) is 0 Å². The van der Waals surface area contributed by atoms with Crippen molar-refractivity contribution in [2.45, 2.75) is 6.61 Å². The molecule has 2 N–H and O–H groups in total. The number of aldehydes is 1. The van der Waals surface area contributed by atoms with Crippen LogP contribution in [0.2, 0.25) is 0 Å². The van der Waals surface area contributed by atoms with Crippen LogP contribution < -0.4 is 15.2 Å². The van der Waals surface area contributed by atoms with E-state index in [0.717, 1.165) is 5.56 Å². The highest BCUT2D eigenvalue weighted by molar-refractivity contribution is 5.82. The molecular formula is C13H13N3O3. The molecule has 0 bridgehead atoms. The zero-order valence-corrected chi connectivity index (χ0v) is 10.4. The largest absolute Gasteiger partial charge is 0.471 e. The Labute approximate surface area is 110 Å². The molecule has 1 aromatic heterocycles. The number of nitrogens with zero attached hydrogens (tertiary/aromatic N) is 2. The fourth-order valence-electron chi connectivity index (χ4n) is 1.46. The number of aromatic nitrogens is 2. The lowest BCUT2D eigenvalue weighted by atomic mass is 10.2. The second-order valence-electron chi connectivity index (χ2n) is 3.71. The van der Waals surface area contributed by atoms with Crippen molar-refractivity contribution < 1.29 is 14.3 Å². The topological polar surface area (TPSA) is 87.3 Å². The Kier molecular flexibility index (Phi) is 3.92. The molecule has 0 aliphatic carbocycles. The summed E-state index contributed by atoms with van der Waals surface area (Å²) in [5.41, 5.74) is 6.86. The minimum atomic E-state index is 0.0411. The quantitative estimate of drug-likeness (QED) is 0.818. The van der Waals surface area contributed by atoms with Crippen LogP contribution in [0.5, 0.6) is 11.9 Å². The molecular weight excluding hydrogens is 246 g/mol. The van der Waals surface area contributed by atoms with Crippen LogP contribution >= 0.6 is 0 Å². The summed E-state index contributed by atoms with van der Waals surface area (Å²) in [6.45, 7) is 0.295. The van der Waals surface area contributed by atoms with Gasteiger partial charge in [0.25, 0.3) is 0 Å². The molecule has 0 unspecified atom stereocenters. The number of hydrogen-bond donors (Lipinski definition) is 1. The normalized spacial score (nSPS) is 9.95. The first kappa shape index (κ1) is 12.8. The van der Waals surface area contributed by atoms with Crippen LogP contribution in [0, 0.1) is 0 Å². The van der Waals surface area contributed by atoms with Gasteiger partial charge in [-0.2, -0.15) is 9.97 Å². The number of carbonyl (C=O) groups excluding carboxylic acids is 1. The smallest absolute Gasteiger partial charge is 0.320 e. The Balaban J connectivity index is 2.22. The van der Waals surface area contributed by atoms with E-state index in [1.165, 1.54) is 7.11 Å². The molecule has 2 rings (SSSR count). The van der Waals surface area contributed by atoms with Crippen LogP contribution in [0.15, 0.2) is 30.3 Å². The molecule has 1 aromatic carbocycles. The van der Waals surface area contributed by atoms with Gasteiger partial charge in [-0.25, -0.2) is 0 Å². The van der Waals surface area contributed by atoms with Gasteiger partial charge in [-0.3, -0.25) is 4.79 Å². The summed E-state index contributed by atoms with van der Waals surface area (Å²) in [6.07, 6.45) is 0.537. The third-order valence-corrected chi connectivity index (χ3v) is 2.43. The highest BCUT2D eigenvalue weighted by Crippen LogP contribution is 2.24. The average molecular weight is 259 g/mol. The molecule has 0 aliphatic heterocycles. The fourth-order valence-corrected chi connectivity index (χ4v) is 1.46. The number of ether oxygens (including phenoxy) is 2. The summed E-state index contributed by atoms with van der Waals surface area (Å²) < 4.78 is 10.4. The van der Waals surface area contributed by atoms with Gasteiger partial charge in [0.1, 0.15) is 18.0 Å². The number of nitrogens with two attached hydrogens (primary N) is 1. The average Bonchev–Trinajstić information content (AvgIpc) is 2.47. The lowest BCUT2D eigenvalue weighted by molar-refractivity contribution is 0.111. The number of carbonyl (C=O) groups is 1. The summed E-state index contributed by atoms with van der Waals surface area (Å²) in [5.74, 6) is 0.137. The van der Waals surface area contributed by atoms with Crippen molar-refractivity contribution in [3.63, 3.8) is 0 Å². The third kappa shape index (κ3) is 2.98. The molecule has 0 spiro atoms. The standard InChI is InChI=1S/C13H13N3O3/c1-18-13-15-10(7-17)11(14)12(16-13)19-8-9-5-3-2-4-6-9/h2-7H,8,14H2,1H3. The van der Waals surface area contributed by atoms with Crippen molar-refractivity contribution in [1.82, 2.24) is 9.97 Å². The van der Waals surface area contributed by atoms with Gasteiger partial charge in [0.05, 0.1) is 7.11 Å². The minimum Gasteiger partial charge on any atom is -0.471 e. The molecule has 0 radical (unpaired) electrons. The zero-order valence-electron chi connectivity index (χ0n) is 10.4. The lowest BCUT2D eigenvalue weighted by Gasteiger charge is -2.10. The Hall–Kier alpha value is -2.63. The molecule has 6 heteroatoms. The molecule has 1 heterocycles. The Morgan fingerprint density at radius 2 is 2.00 bits per heavy atom. The number of benzene rings is 1. The summed E-state index contributed by atoms with van der Waals surface area (Å²) in [5, 5.41) is 0. The fraction of sp³-hybridized carbons (Fsp3) is 0.154. The zero-order chi connectivity index (χ0) is 13.7. The van der Waals surface area contributed by atoms with Crippen LogP contribution in [0.4, 0.5) is 5.69 Å².